The first-order chi connectivity index (χ1) is 14.4. The van der Waals surface area contributed by atoms with Crippen LogP contribution in [0.25, 0.3) is 0 Å². The van der Waals surface area contributed by atoms with E-state index in [2.05, 4.69) is 68.7 Å². The molecule has 1 aromatic rings. The number of piperidine rings is 1. The number of carbonyl (C=O) groups is 1. The van der Waals surface area contributed by atoms with E-state index in [9.17, 15) is 4.79 Å². The lowest BCUT2D eigenvalue weighted by Gasteiger charge is -2.54. The third-order valence-corrected chi connectivity index (χ3v) is 8.20. The zero-order chi connectivity index (χ0) is 21.4. The average Bonchev–Trinajstić information content (AvgIpc) is 3.31. The van der Waals surface area contributed by atoms with Crippen LogP contribution in [-0.2, 0) is 10.2 Å². The maximum atomic E-state index is 13.5. The van der Waals surface area contributed by atoms with Crippen LogP contribution in [0, 0.1) is 23.2 Å². The highest BCUT2D eigenvalue weighted by Gasteiger charge is 2.54. The molecule has 3 heteroatoms. The summed E-state index contributed by atoms with van der Waals surface area (Å²) in [7, 11) is 0. The maximum absolute atomic E-state index is 13.5. The molecule has 0 spiro atoms. The second-order valence-corrected chi connectivity index (χ2v) is 11.3. The van der Waals surface area contributed by atoms with Gasteiger partial charge in [-0.25, -0.2) is 0 Å². The molecule has 1 aliphatic heterocycles. The van der Waals surface area contributed by atoms with Gasteiger partial charge in [-0.1, -0.05) is 64.4 Å². The van der Waals surface area contributed by atoms with E-state index in [-0.39, 0.29) is 10.8 Å². The highest BCUT2D eigenvalue weighted by molar-refractivity contribution is 5.83. The summed E-state index contributed by atoms with van der Waals surface area (Å²) in [5, 5.41) is 7.08. The van der Waals surface area contributed by atoms with Gasteiger partial charge in [0, 0.05) is 17.5 Å². The Morgan fingerprint density at radius 3 is 2.43 bits per heavy atom. The van der Waals surface area contributed by atoms with Crippen LogP contribution in [0.15, 0.2) is 30.3 Å². The van der Waals surface area contributed by atoms with E-state index < -0.39 is 0 Å². The first-order valence-electron chi connectivity index (χ1n) is 12.5. The molecule has 3 aliphatic carbocycles. The van der Waals surface area contributed by atoms with Crippen molar-refractivity contribution in [2.75, 3.05) is 6.54 Å². The van der Waals surface area contributed by atoms with Gasteiger partial charge >= 0.3 is 0 Å². The highest BCUT2D eigenvalue weighted by Crippen LogP contribution is 2.58. The second kappa shape index (κ2) is 8.65. The number of amides is 1. The van der Waals surface area contributed by atoms with Crippen molar-refractivity contribution in [3.63, 3.8) is 0 Å². The lowest BCUT2D eigenvalue weighted by Crippen LogP contribution is -2.56. The fourth-order valence-corrected chi connectivity index (χ4v) is 7.45. The van der Waals surface area contributed by atoms with Crippen LogP contribution in [0.5, 0.6) is 0 Å². The van der Waals surface area contributed by atoms with Crippen molar-refractivity contribution in [2.45, 2.75) is 96.6 Å². The molecule has 0 radical (unpaired) electrons. The van der Waals surface area contributed by atoms with Gasteiger partial charge in [0.1, 0.15) is 0 Å². The average molecular weight is 411 g/mol. The van der Waals surface area contributed by atoms with Gasteiger partial charge in [-0.2, -0.15) is 0 Å². The molecule has 1 saturated heterocycles. The van der Waals surface area contributed by atoms with Crippen LogP contribution >= 0.6 is 0 Å². The van der Waals surface area contributed by atoms with Crippen LogP contribution in [0.3, 0.4) is 0 Å². The minimum absolute atomic E-state index is 0.181. The number of hydrogen-bond acceptors (Lipinski definition) is 2. The molecule has 1 amide bonds. The number of carbonyl (C=O) groups excluding carboxylic acids is 1. The van der Waals surface area contributed by atoms with Crippen molar-refractivity contribution < 1.29 is 4.79 Å². The van der Waals surface area contributed by atoms with Crippen molar-refractivity contribution in [2.24, 2.45) is 23.2 Å². The Hall–Kier alpha value is -1.35. The first-order valence-corrected chi connectivity index (χ1v) is 12.5. The molecule has 1 aromatic carbocycles. The van der Waals surface area contributed by atoms with E-state index in [1.54, 1.807) is 0 Å². The lowest BCUT2D eigenvalue weighted by molar-refractivity contribution is -0.137. The van der Waals surface area contributed by atoms with Gasteiger partial charge in [0.2, 0.25) is 5.91 Å². The Labute approximate surface area is 183 Å². The lowest BCUT2D eigenvalue weighted by atomic mass is 9.50. The predicted octanol–water partition coefficient (Wildman–Crippen LogP) is 5.44. The zero-order valence-electron chi connectivity index (χ0n) is 19.5. The molecule has 166 valence electrons. The van der Waals surface area contributed by atoms with Crippen LogP contribution in [0.4, 0.5) is 0 Å². The summed E-state index contributed by atoms with van der Waals surface area (Å²) in [5.41, 5.74) is 1.41. The van der Waals surface area contributed by atoms with Crippen molar-refractivity contribution in [1.29, 1.82) is 0 Å². The number of fused-ring (bicyclic) bond motifs is 4. The van der Waals surface area contributed by atoms with Crippen molar-refractivity contribution >= 4 is 5.91 Å². The molecule has 4 aliphatic rings. The van der Waals surface area contributed by atoms with Gasteiger partial charge in [0.15, 0.2) is 0 Å². The molecule has 4 fully saturated rings. The first kappa shape index (κ1) is 21.9. The zero-order valence-corrected chi connectivity index (χ0v) is 19.5. The SMILES string of the molecule is CC1CC2CC(C)(C(=O)NC3CC4CNC3C4)CC(c3ccccc3)(C1)C2.CCC. The van der Waals surface area contributed by atoms with Crippen LogP contribution in [-0.4, -0.2) is 24.5 Å². The Morgan fingerprint density at radius 2 is 1.80 bits per heavy atom. The summed E-state index contributed by atoms with van der Waals surface area (Å²) in [6.07, 6.45) is 9.51. The Balaban J connectivity index is 0.000000687. The summed E-state index contributed by atoms with van der Waals surface area (Å²) in [4.78, 5) is 13.5. The number of rotatable bonds is 3. The molecule has 5 rings (SSSR count). The van der Waals surface area contributed by atoms with Crippen molar-refractivity contribution in [1.82, 2.24) is 10.6 Å². The Morgan fingerprint density at radius 1 is 1.07 bits per heavy atom. The third kappa shape index (κ3) is 4.20. The number of benzene rings is 1. The largest absolute Gasteiger partial charge is 0.351 e. The van der Waals surface area contributed by atoms with Gasteiger partial charge in [0.25, 0.3) is 0 Å². The molecule has 1 heterocycles. The van der Waals surface area contributed by atoms with Gasteiger partial charge < -0.3 is 10.6 Å². The maximum Gasteiger partial charge on any atom is 0.226 e. The quantitative estimate of drug-likeness (QED) is 0.696. The molecule has 3 nitrogen and oxygen atoms in total. The fraction of sp³-hybridized carbons (Fsp3) is 0.741. The molecule has 7 unspecified atom stereocenters. The molecule has 3 saturated carbocycles. The monoisotopic (exact) mass is 410 g/mol. The molecule has 4 bridgehead atoms. The van der Waals surface area contributed by atoms with E-state index in [0.717, 1.165) is 31.2 Å². The van der Waals surface area contributed by atoms with Crippen LogP contribution in [0.1, 0.15) is 84.6 Å². The summed E-state index contributed by atoms with van der Waals surface area (Å²) in [6, 6.07) is 11.9. The summed E-state index contributed by atoms with van der Waals surface area (Å²) >= 11 is 0. The van der Waals surface area contributed by atoms with E-state index in [1.807, 2.05) is 0 Å². The highest BCUT2D eigenvalue weighted by atomic mass is 16.2. The van der Waals surface area contributed by atoms with Gasteiger partial charge in [-0.3, -0.25) is 4.79 Å². The summed E-state index contributed by atoms with van der Waals surface area (Å²) in [5.74, 6) is 2.53. The number of hydrogen-bond donors (Lipinski definition) is 2. The summed E-state index contributed by atoms with van der Waals surface area (Å²) < 4.78 is 0. The van der Waals surface area contributed by atoms with Crippen LogP contribution in [0.2, 0.25) is 0 Å². The van der Waals surface area contributed by atoms with E-state index >= 15 is 0 Å². The molecular formula is C27H42N2O. The Kier molecular flexibility index (Phi) is 6.30. The molecule has 7 atom stereocenters. The normalized spacial score (nSPS) is 41.7. The van der Waals surface area contributed by atoms with Gasteiger partial charge in [-0.15, -0.1) is 0 Å². The predicted molar refractivity (Wildman–Crippen MR) is 124 cm³/mol. The second-order valence-electron chi connectivity index (χ2n) is 11.3. The smallest absolute Gasteiger partial charge is 0.226 e. The minimum atomic E-state index is -0.235. The Bertz CT molecular complexity index is 730. The van der Waals surface area contributed by atoms with Gasteiger partial charge in [0.05, 0.1) is 0 Å². The molecular weight excluding hydrogens is 368 g/mol. The van der Waals surface area contributed by atoms with Crippen molar-refractivity contribution in [3.05, 3.63) is 35.9 Å². The topological polar surface area (TPSA) is 41.1 Å². The van der Waals surface area contributed by atoms with Gasteiger partial charge in [-0.05, 0) is 80.2 Å². The van der Waals surface area contributed by atoms with E-state index in [1.165, 1.54) is 44.1 Å². The van der Waals surface area contributed by atoms with E-state index in [0.29, 0.717) is 23.9 Å². The molecule has 0 aromatic heterocycles. The number of nitrogens with one attached hydrogen (secondary N) is 2. The standard InChI is InChI=1S/C24H34N2O.C3H8/c1-16-8-18-12-23(2,22(27)26-21-10-17-9-20(21)25-14-17)15-24(11-16,13-18)19-6-4-3-5-7-19;1-3-2/h3-7,16-18,20-21,25H,8-15H2,1-2H3,(H,26,27);3H2,1-2H3. The molecule has 30 heavy (non-hydrogen) atoms. The van der Waals surface area contributed by atoms with Crippen LogP contribution < -0.4 is 10.6 Å². The fourth-order valence-electron chi connectivity index (χ4n) is 7.45. The molecule has 2 N–H and O–H groups in total. The summed E-state index contributed by atoms with van der Waals surface area (Å²) in [6.45, 7) is 10.1. The third-order valence-electron chi connectivity index (χ3n) is 8.20. The van der Waals surface area contributed by atoms with Crippen molar-refractivity contribution in [3.8, 4) is 0 Å². The van der Waals surface area contributed by atoms with E-state index in [4.69, 9.17) is 0 Å². The minimum Gasteiger partial charge on any atom is -0.351 e.